The number of hydrogen-bond acceptors (Lipinski definition) is 5. The van der Waals surface area contributed by atoms with Gasteiger partial charge in [0.05, 0.1) is 18.8 Å². The van der Waals surface area contributed by atoms with Gasteiger partial charge in [-0.3, -0.25) is 4.79 Å². The average Bonchev–Trinajstić information content (AvgIpc) is 2.64. The molecule has 1 aromatic rings. The molecule has 5 nitrogen and oxygen atoms in total. The first-order chi connectivity index (χ1) is 15.5. The lowest BCUT2D eigenvalue weighted by Gasteiger charge is -2.42. The normalized spacial score (nSPS) is 21.3. The molecule has 0 fully saturated rings. The van der Waals surface area contributed by atoms with E-state index in [4.69, 9.17) is 9.47 Å². The van der Waals surface area contributed by atoms with Gasteiger partial charge in [-0.1, -0.05) is 59.2 Å². The Kier molecular flexibility index (Phi) is 8.15. The number of aryl methyl sites for hydroxylation is 3. The summed E-state index contributed by atoms with van der Waals surface area (Å²) >= 11 is 0. The third-order valence-electron chi connectivity index (χ3n) is 6.06. The second-order valence-corrected chi connectivity index (χ2v) is 13.8. The van der Waals surface area contributed by atoms with Gasteiger partial charge < -0.3 is 14.0 Å². The van der Waals surface area contributed by atoms with Crippen LogP contribution in [-0.2, 0) is 23.6 Å². The van der Waals surface area contributed by atoms with Crippen molar-refractivity contribution in [3.05, 3.63) is 51.4 Å². The van der Waals surface area contributed by atoms with Crippen molar-refractivity contribution < 1.29 is 23.6 Å². The Labute approximate surface area is 205 Å². The number of ether oxygens (including phenoxy) is 2. The maximum absolute atomic E-state index is 15.3. The zero-order valence-electron chi connectivity index (χ0n) is 22.7. The first-order valence-electron chi connectivity index (χ1n) is 12.0. The van der Waals surface area contributed by atoms with Gasteiger partial charge in [-0.15, -0.1) is 0 Å². The number of benzene rings is 1. The highest BCUT2D eigenvalue weighted by Gasteiger charge is 2.53. The lowest BCUT2D eigenvalue weighted by atomic mass is 9.70. The van der Waals surface area contributed by atoms with E-state index < -0.39 is 35.6 Å². The molecule has 1 heterocycles. The highest BCUT2D eigenvalue weighted by molar-refractivity contribution is 7.76. The van der Waals surface area contributed by atoms with Crippen molar-refractivity contribution in [1.82, 2.24) is 0 Å². The SMILES string of the molecule is CCOC(=O)C1=C(C(C)(C)C)C(C(C)(C)C)=C[P@](=O)(c2c(C)cc(C)cc2C)[C@H]1C(=O)OCC. The van der Waals surface area contributed by atoms with Crippen LogP contribution in [-0.4, -0.2) is 30.8 Å². The summed E-state index contributed by atoms with van der Waals surface area (Å²) in [6, 6.07) is 3.95. The van der Waals surface area contributed by atoms with Crippen LogP contribution in [0.1, 0.15) is 72.1 Å². The number of carbonyl (C=O) groups is 2. The Hall–Kier alpha value is -2.13. The van der Waals surface area contributed by atoms with Gasteiger partial charge in [0.25, 0.3) is 0 Å². The summed E-state index contributed by atoms with van der Waals surface area (Å²) in [7, 11) is -3.65. The fourth-order valence-corrected chi connectivity index (χ4v) is 8.69. The van der Waals surface area contributed by atoms with E-state index in [-0.39, 0.29) is 18.8 Å². The summed E-state index contributed by atoms with van der Waals surface area (Å²) in [4.78, 5) is 27.1. The Morgan fingerprint density at radius 3 is 1.79 bits per heavy atom. The van der Waals surface area contributed by atoms with Crippen LogP contribution in [0.4, 0.5) is 0 Å². The molecular weight excluding hydrogens is 447 g/mol. The molecule has 1 aliphatic heterocycles. The molecule has 0 spiro atoms. The van der Waals surface area contributed by atoms with E-state index >= 15 is 4.57 Å². The summed E-state index contributed by atoms with van der Waals surface area (Å²) < 4.78 is 26.2. The minimum absolute atomic E-state index is 0.123. The zero-order valence-corrected chi connectivity index (χ0v) is 23.6. The minimum atomic E-state index is -3.65. The van der Waals surface area contributed by atoms with Gasteiger partial charge in [-0.05, 0) is 73.5 Å². The number of allylic oxidation sites excluding steroid dienone is 2. The predicted molar refractivity (Wildman–Crippen MR) is 139 cm³/mol. The largest absolute Gasteiger partial charge is 0.465 e. The summed E-state index contributed by atoms with van der Waals surface area (Å²) in [5.41, 5.74) is 2.22. The third kappa shape index (κ3) is 5.25. The van der Waals surface area contributed by atoms with Gasteiger partial charge in [-0.25, -0.2) is 4.79 Å². The first-order valence-corrected chi connectivity index (χ1v) is 13.8. The van der Waals surface area contributed by atoms with Crippen molar-refractivity contribution in [2.24, 2.45) is 10.8 Å². The molecule has 0 amide bonds. The topological polar surface area (TPSA) is 69.7 Å². The molecule has 2 rings (SSSR count). The zero-order chi connectivity index (χ0) is 26.2. The van der Waals surface area contributed by atoms with Crippen LogP contribution in [0.3, 0.4) is 0 Å². The van der Waals surface area contributed by atoms with Crippen LogP contribution in [0.5, 0.6) is 0 Å². The molecule has 2 atom stereocenters. The molecule has 0 N–H and O–H groups in total. The van der Waals surface area contributed by atoms with Crippen LogP contribution >= 0.6 is 7.14 Å². The van der Waals surface area contributed by atoms with Crippen molar-refractivity contribution >= 4 is 24.4 Å². The second kappa shape index (κ2) is 9.85. The summed E-state index contributed by atoms with van der Waals surface area (Å²) in [5, 5.41) is 0.618. The van der Waals surface area contributed by atoms with Gasteiger partial charge >= 0.3 is 11.9 Å². The molecule has 6 heteroatoms. The van der Waals surface area contributed by atoms with Crippen LogP contribution in [0, 0.1) is 31.6 Å². The van der Waals surface area contributed by atoms with Gasteiger partial charge in [0.15, 0.2) is 7.14 Å². The quantitative estimate of drug-likeness (QED) is 0.355. The first kappa shape index (κ1) is 28.1. The lowest BCUT2D eigenvalue weighted by molar-refractivity contribution is -0.145. The average molecular weight is 489 g/mol. The van der Waals surface area contributed by atoms with E-state index in [1.807, 2.05) is 74.4 Å². The van der Waals surface area contributed by atoms with E-state index in [2.05, 4.69) is 0 Å². The van der Waals surface area contributed by atoms with E-state index in [0.717, 1.165) is 22.3 Å². The van der Waals surface area contributed by atoms with Crippen molar-refractivity contribution in [3.63, 3.8) is 0 Å². The summed E-state index contributed by atoms with van der Waals surface area (Å²) in [6.07, 6.45) is 0. The van der Waals surface area contributed by atoms with Crippen molar-refractivity contribution in [2.45, 2.75) is 81.8 Å². The van der Waals surface area contributed by atoms with E-state index in [0.29, 0.717) is 10.9 Å². The lowest BCUT2D eigenvalue weighted by Crippen LogP contribution is -2.40. The fraction of sp³-hybridized carbons (Fsp3) is 0.571. The Balaban J connectivity index is 3.15. The molecule has 0 saturated carbocycles. The van der Waals surface area contributed by atoms with Gasteiger partial charge in [-0.2, -0.15) is 0 Å². The molecule has 1 aromatic carbocycles. The monoisotopic (exact) mass is 488 g/mol. The number of carbonyl (C=O) groups excluding carboxylic acids is 2. The van der Waals surface area contributed by atoms with Crippen LogP contribution in [0.15, 0.2) is 34.7 Å². The van der Waals surface area contributed by atoms with E-state index in [1.165, 1.54) is 0 Å². The molecule has 34 heavy (non-hydrogen) atoms. The molecular formula is C28H41O5P. The Morgan fingerprint density at radius 2 is 1.38 bits per heavy atom. The standard InChI is InChI=1S/C28H41O5P/c1-12-32-25(29)21-22(28(9,10)11)20(27(6,7)8)16-34(31,24(21)26(30)33-13-2)23-18(4)14-17(3)15-19(23)5/h14-16,24H,12-13H2,1-11H3/t24-,34+/m1/s1. The number of esters is 2. The number of rotatable bonds is 5. The molecule has 188 valence electrons. The highest BCUT2D eigenvalue weighted by atomic mass is 31.2. The van der Waals surface area contributed by atoms with E-state index in [9.17, 15) is 9.59 Å². The minimum Gasteiger partial charge on any atom is -0.465 e. The Morgan fingerprint density at radius 1 is 0.882 bits per heavy atom. The fourth-order valence-electron chi connectivity index (χ4n) is 5.02. The van der Waals surface area contributed by atoms with Crippen LogP contribution in [0.25, 0.3) is 0 Å². The summed E-state index contributed by atoms with van der Waals surface area (Å²) in [5.74, 6) is 0.532. The third-order valence-corrected chi connectivity index (χ3v) is 9.35. The van der Waals surface area contributed by atoms with Crippen LogP contribution in [0.2, 0.25) is 0 Å². The molecule has 0 radical (unpaired) electrons. The van der Waals surface area contributed by atoms with Gasteiger partial charge in [0, 0.05) is 5.30 Å². The van der Waals surface area contributed by atoms with E-state index in [1.54, 1.807) is 19.7 Å². The van der Waals surface area contributed by atoms with Crippen molar-refractivity contribution in [1.29, 1.82) is 0 Å². The summed E-state index contributed by atoms with van der Waals surface area (Å²) in [6.45, 7) is 21.6. The molecule has 0 bridgehead atoms. The molecule has 0 aliphatic carbocycles. The smallest absolute Gasteiger partial charge is 0.335 e. The van der Waals surface area contributed by atoms with Crippen LogP contribution < -0.4 is 5.30 Å². The maximum atomic E-state index is 15.3. The highest BCUT2D eigenvalue weighted by Crippen LogP contribution is 2.63. The molecule has 0 saturated heterocycles. The second-order valence-electron chi connectivity index (χ2n) is 11.2. The van der Waals surface area contributed by atoms with Crippen molar-refractivity contribution in [3.8, 4) is 0 Å². The molecule has 1 aliphatic rings. The van der Waals surface area contributed by atoms with Gasteiger partial charge in [0.2, 0.25) is 0 Å². The van der Waals surface area contributed by atoms with Gasteiger partial charge in [0.1, 0.15) is 5.66 Å². The maximum Gasteiger partial charge on any atom is 0.335 e. The number of hydrogen-bond donors (Lipinski definition) is 0. The molecule has 0 aromatic heterocycles. The van der Waals surface area contributed by atoms with Crippen molar-refractivity contribution in [2.75, 3.05) is 13.2 Å². The molecule has 0 unspecified atom stereocenters. The Bertz CT molecular complexity index is 1070. The predicted octanol–water partition coefficient (Wildman–Crippen LogP) is 6.38.